The smallest absolute Gasteiger partial charge is 0.350 e. The minimum Gasteiger partial charge on any atom is -0.350 e. The van der Waals surface area contributed by atoms with Crippen molar-refractivity contribution in [3.63, 3.8) is 0 Å². The molecule has 2 amide bonds. The lowest BCUT2D eigenvalue weighted by molar-refractivity contribution is -0.138. The van der Waals surface area contributed by atoms with Crippen LogP contribution >= 0.6 is 11.6 Å². The van der Waals surface area contributed by atoms with Crippen LogP contribution in [0.5, 0.6) is 0 Å². The Labute approximate surface area is 171 Å². The number of rotatable bonds is 5. The number of alkyl halides is 6. The first kappa shape index (κ1) is 23.5. The maximum Gasteiger partial charge on any atom is 0.417 e. The van der Waals surface area contributed by atoms with E-state index in [1.807, 2.05) is 0 Å². The summed E-state index contributed by atoms with van der Waals surface area (Å²) in [6, 6.07) is 3.47. The molecular weight excluding hydrogens is 440 g/mol. The van der Waals surface area contributed by atoms with Gasteiger partial charge in [-0.2, -0.15) is 26.3 Å². The highest BCUT2D eigenvalue weighted by molar-refractivity contribution is 6.31. The molecule has 1 atom stereocenters. The first-order valence-corrected chi connectivity index (χ1v) is 8.62. The normalized spacial score (nSPS) is 12.9. The van der Waals surface area contributed by atoms with Gasteiger partial charge in [0.05, 0.1) is 33.4 Å². The fraction of sp³-hybridized carbons (Fsp3) is 0.278. The van der Waals surface area contributed by atoms with Gasteiger partial charge in [0.2, 0.25) is 5.91 Å². The Kier molecular flexibility index (Phi) is 6.96. The maximum atomic E-state index is 13.1. The molecule has 2 aromatic rings. The number of halogens is 7. The molecular formula is C18H14ClF6N3O2. The lowest BCUT2D eigenvalue weighted by Crippen LogP contribution is -2.38. The lowest BCUT2D eigenvalue weighted by Gasteiger charge is -2.20. The number of hydrogen-bond donors (Lipinski definition) is 2. The Hall–Kier alpha value is -2.82. The average Bonchev–Trinajstić information content (AvgIpc) is 2.63. The molecule has 12 heteroatoms. The second-order valence-corrected chi connectivity index (χ2v) is 6.50. The molecule has 0 fully saturated rings. The summed E-state index contributed by atoms with van der Waals surface area (Å²) in [5.74, 6) is -1.72. The van der Waals surface area contributed by atoms with Gasteiger partial charge < -0.3 is 10.6 Å². The zero-order valence-electron chi connectivity index (χ0n) is 15.2. The molecule has 0 aliphatic heterocycles. The van der Waals surface area contributed by atoms with Crippen molar-refractivity contribution in [1.82, 2.24) is 15.6 Å². The summed E-state index contributed by atoms with van der Waals surface area (Å²) in [5.41, 5.74) is -3.13. The molecule has 0 aliphatic rings. The molecule has 1 unspecified atom stereocenters. The van der Waals surface area contributed by atoms with Gasteiger partial charge in [0.1, 0.15) is 0 Å². The molecule has 1 aromatic carbocycles. The van der Waals surface area contributed by atoms with Crippen LogP contribution in [0, 0.1) is 0 Å². The Morgan fingerprint density at radius 2 is 1.73 bits per heavy atom. The molecule has 0 bridgehead atoms. The Balaban J connectivity index is 2.27. The summed E-state index contributed by atoms with van der Waals surface area (Å²) < 4.78 is 77.5. The zero-order chi connectivity index (χ0) is 22.7. The lowest BCUT2D eigenvalue weighted by atomic mass is 10.1. The molecule has 1 aromatic heterocycles. The third-order valence-electron chi connectivity index (χ3n) is 3.85. The number of benzene rings is 1. The van der Waals surface area contributed by atoms with Crippen molar-refractivity contribution in [3.05, 3.63) is 63.9 Å². The van der Waals surface area contributed by atoms with Crippen LogP contribution in [0.1, 0.15) is 40.1 Å². The SMILES string of the molecule is CC(=O)NC(CNC(=O)c1ccccc1C(F)(F)F)c1ncc(C(F)(F)F)cc1Cl. The van der Waals surface area contributed by atoms with Crippen LogP contribution < -0.4 is 10.6 Å². The van der Waals surface area contributed by atoms with Gasteiger partial charge in [-0.15, -0.1) is 0 Å². The van der Waals surface area contributed by atoms with Gasteiger partial charge in [-0.25, -0.2) is 0 Å². The Bertz CT molecular complexity index is 946. The number of amides is 2. The second-order valence-electron chi connectivity index (χ2n) is 6.10. The van der Waals surface area contributed by atoms with Crippen molar-refractivity contribution < 1.29 is 35.9 Å². The van der Waals surface area contributed by atoms with Gasteiger partial charge in [-0.05, 0) is 18.2 Å². The van der Waals surface area contributed by atoms with Crippen molar-refractivity contribution in [2.24, 2.45) is 0 Å². The van der Waals surface area contributed by atoms with Crippen LogP contribution in [-0.2, 0) is 17.1 Å². The van der Waals surface area contributed by atoms with E-state index in [4.69, 9.17) is 11.6 Å². The van der Waals surface area contributed by atoms with Gasteiger partial charge in [-0.3, -0.25) is 14.6 Å². The van der Waals surface area contributed by atoms with Crippen LogP contribution in [0.25, 0.3) is 0 Å². The molecule has 1 heterocycles. The van der Waals surface area contributed by atoms with E-state index in [1.54, 1.807) is 0 Å². The standard InChI is InChI=1S/C18H14ClF6N3O2/c1-9(29)28-14(15-13(19)6-10(7-26-15)17(20,21)22)8-27-16(30)11-4-2-3-5-12(11)18(23,24)25/h2-7,14H,8H2,1H3,(H,27,30)(H,28,29). The number of nitrogens with zero attached hydrogens (tertiary/aromatic N) is 1. The first-order valence-electron chi connectivity index (χ1n) is 8.25. The molecule has 0 radical (unpaired) electrons. The van der Waals surface area contributed by atoms with Crippen LogP contribution in [0.4, 0.5) is 26.3 Å². The van der Waals surface area contributed by atoms with E-state index in [1.165, 1.54) is 6.07 Å². The van der Waals surface area contributed by atoms with E-state index in [9.17, 15) is 35.9 Å². The highest BCUT2D eigenvalue weighted by Gasteiger charge is 2.35. The third-order valence-corrected chi connectivity index (χ3v) is 4.15. The summed E-state index contributed by atoms with van der Waals surface area (Å²) >= 11 is 5.86. The van der Waals surface area contributed by atoms with E-state index >= 15 is 0 Å². The zero-order valence-corrected chi connectivity index (χ0v) is 15.9. The van der Waals surface area contributed by atoms with Crippen molar-refractivity contribution in [2.45, 2.75) is 25.3 Å². The summed E-state index contributed by atoms with van der Waals surface area (Å²) in [6.45, 7) is 0.633. The largest absolute Gasteiger partial charge is 0.417 e. The maximum absolute atomic E-state index is 13.1. The van der Waals surface area contributed by atoms with Crippen LogP contribution in [0.2, 0.25) is 5.02 Å². The number of pyridine rings is 1. The summed E-state index contributed by atoms with van der Waals surface area (Å²) in [6.07, 6.45) is -8.98. The number of carbonyl (C=O) groups excluding carboxylic acids is 2. The second kappa shape index (κ2) is 8.90. The van der Waals surface area contributed by atoms with Crippen molar-refractivity contribution >= 4 is 23.4 Å². The molecule has 0 aliphatic carbocycles. The number of aromatic nitrogens is 1. The minimum absolute atomic E-state index is 0.190. The molecule has 5 nitrogen and oxygen atoms in total. The molecule has 2 rings (SSSR count). The number of nitrogens with one attached hydrogen (secondary N) is 2. The van der Waals surface area contributed by atoms with Crippen molar-refractivity contribution in [1.29, 1.82) is 0 Å². The van der Waals surface area contributed by atoms with Gasteiger partial charge >= 0.3 is 12.4 Å². The van der Waals surface area contributed by atoms with Gasteiger partial charge in [0.25, 0.3) is 5.91 Å². The van der Waals surface area contributed by atoms with Crippen molar-refractivity contribution in [2.75, 3.05) is 6.54 Å². The molecule has 162 valence electrons. The number of carbonyl (C=O) groups is 2. The van der Waals surface area contributed by atoms with E-state index in [-0.39, 0.29) is 5.69 Å². The quantitative estimate of drug-likeness (QED) is 0.660. The molecule has 0 saturated heterocycles. The van der Waals surface area contributed by atoms with Crippen LogP contribution in [0.3, 0.4) is 0 Å². The van der Waals surface area contributed by atoms with Crippen LogP contribution in [0.15, 0.2) is 36.5 Å². The molecule has 0 spiro atoms. The summed E-state index contributed by atoms with van der Waals surface area (Å²) in [5, 5.41) is 4.12. The molecule has 2 N–H and O–H groups in total. The Morgan fingerprint density at radius 1 is 1.10 bits per heavy atom. The fourth-order valence-corrected chi connectivity index (χ4v) is 2.84. The monoisotopic (exact) mass is 453 g/mol. The summed E-state index contributed by atoms with van der Waals surface area (Å²) in [4.78, 5) is 27.3. The van der Waals surface area contributed by atoms with Crippen molar-refractivity contribution in [3.8, 4) is 0 Å². The van der Waals surface area contributed by atoms with Gasteiger partial charge in [0.15, 0.2) is 0 Å². The van der Waals surface area contributed by atoms with E-state index in [0.29, 0.717) is 12.3 Å². The predicted octanol–water partition coefficient (Wildman–Crippen LogP) is 4.38. The Morgan fingerprint density at radius 3 is 2.27 bits per heavy atom. The average molecular weight is 454 g/mol. The van der Waals surface area contributed by atoms with E-state index in [0.717, 1.165) is 25.1 Å². The molecule has 30 heavy (non-hydrogen) atoms. The minimum atomic E-state index is -4.77. The van der Waals surface area contributed by atoms with E-state index in [2.05, 4.69) is 15.6 Å². The molecule has 0 saturated carbocycles. The van der Waals surface area contributed by atoms with Crippen LogP contribution in [-0.4, -0.2) is 23.3 Å². The first-order chi connectivity index (χ1) is 13.8. The summed E-state index contributed by atoms with van der Waals surface area (Å²) in [7, 11) is 0. The number of hydrogen-bond acceptors (Lipinski definition) is 3. The highest BCUT2D eigenvalue weighted by Crippen LogP contribution is 2.33. The third kappa shape index (κ3) is 5.85. The topological polar surface area (TPSA) is 71.1 Å². The van der Waals surface area contributed by atoms with Gasteiger partial charge in [0, 0.05) is 19.7 Å². The fourth-order valence-electron chi connectivity index (χ4n) is 2.54. The van der Waals surface area contributed by atoms with Gasteiger partial charge in [-0.1, -0.05) is 23.7 Å². The van der Waals surface area contributed by atoms with E-state index < -0.39 is 58.5 Å². The predicted molar refractivity (Wildman–Crippen MR) is 94.6 cm³/mol. The highest BCUT2D eigenvalue weighted by atomic mass is 35.5.